The second kappa shape index (κ2) is 5.98. The highest BCUT2D eigenvalue weighted by Gasteiger charge is 2.08. The molecule has 0 aliphatic rings. The van der Waals surface area contributed by atoms with Gasteiger partial charge in [0.05, 0.1) is 2.88 Å². The summed E-state index contributed by atoms with van der Waals surface area (Å²) in [6.45, 7) is 2.17. The van der Waals surface area contributed by atoms with Crippen molar-refractivity contribution in [3.63, 3.8) is 0 Å². The summed E-state index contributed by atoms with van der Waals surface area (Å²) in [5.41, 5.74) is 10.2. The van der Waals surface area contributed by atoms with Gasteiger partial charge < -0.3 is 5.73 Å². The minimum atomic E-state index is 0.113. The molecule has 17 heavy (non-hydrogen) atoms. The van der Waals surface area contributed by atoms with Crippen LogP contribution in [0.1, 0.15) is 29.7 Å². The lowest BCUT2D eigenvalue weighted by Crippen LogP contribution is -2.12. The SMILES string of the molecule is CCc1ccc(CC(N)c2csc(I)c2)cc1. The van der Waals surface area contributed by atoms with Crippen LogP contribution in [0.4, 0.5) is 0 Å². The van der Waals surface area contributed by atoms with Gasteiger partial charge in [-0.05, 0) is 63.6 Å². The van der Waals surface area contributed by atoms with Crippen LogP contribution in [0.5, 0.6) is 0 Å². The van der Waals surface area contributed by atoms with Crippen LogP contribution in [-0.4, -0.2) is 0 Å². The lowest BCUT2D eigenvalue weighted by atomic mass is 10.0. The van der Waals surface area contributed by atoms with E-state index in [4.69, 9.17) is 5.73 Å². The van der Waals surface area contributed by atoms with Gasteiger partial charge in [0, 0.05) is 6.04 Å². The van der Waals surface area contributed by atoms with Crippen molar-refractivity contribution in [1.82, 2.24) is 0 Å². The summed E-state index contributed by atoms with van der Waals surface area (Å²) in [5.74, 6) is 0. The van der Waals surface area contributed by atoms with Gasteiger partial charge in [-0.15, -0.1) is 11.3 Å². The topological polar surface area (TPSA) is 26.0 Å². The molecule has 0 fully saturated rings. The van der Waals surface area contributed by atoms with Crippen molar-refractivity contribution in [3.8, 4) is 0 Å². The number of benzene rings is 1. The van der Waals surface area contributed by atoms with Gasteiger partial charge in [0.2, 0.25) is 0 Å². The third kappa shape index (κ3) is 3.53. The van der Waals surface area contributed by atoms with E-state index in [0.717, 1.165) is 12.8 Å². The van der Waals surface area contributed by atoms with Gasteiger partial charge in [-0.1, -0.05) is 31.2 Å². The molecule has 0 amide bonds. The minimum absolute atomic E-state index is 0.113. The first-order valence-corrected chi connectivity index (χ1v) is 7.72. The monoisotopic (exact) mass is 357 g/mol. The van der Waals surface area contributed by atoms with Crippen molar-refractivity contribution >= 4 is 33.9 Å². The molecule has 1 aromatic carbocycles. The molecule has 90 valence electrons. The third-order valence-corrected chi connectivity index (χ3v) is 4.71. The Morgan fingerprint density at radius 2 is 1.88 bits per heavy atom. The average Bonchev–Trinajstić information content (AvgIpc) is 2.77. The number of halogens is 1. The lowest BCUT2D eigenvalue weighted by molar-refractivity contribution is 0.724. The molecule has 0 spiro atoms. The molecular formula is C14H16INS. The van der Waals surface area contributed by atoms with Crippen molar-refractivity contribution in [2.24, 2.45) is 5.73 Å². The van der Waals surface area contributed by atoms with Gasteiger partial charge in [-0.3, -0.25) is 0 Å². The fourth-order valence-electron chi connectivity index (χ4n) is 1.80. The van der Waals surface area contributed by atoms with Crippen molar-refractivity contribution in [1.29, 1.82) is 0 Å². The van der Waals surface area contributed by atoms with Crippen LogP contribution < -0.4 is 5.73 Å². The fourth-order valence-corrected chi connectivity index (χ4v) is 3.24. The van der Waals surface area contributed by atoms with Crippen LogP contribution in [0, 0.1) is 2.88 Å². The van der Waals surface area contributed by atoms with Crippen LogP contribution in [0.25, 0.3) is 0 Å². The van der Waals surface area contributed by atoms with Crippen LogP contribution in [-0.2, 0) is 12.8 Å². The molecular weight excluding hydrogens is 341 g/mol. The summed E-state index contributed by atoms with van der Waals surface area (Å²) >= 11 is 4.09. The molecule has 1 unspecified atom stereocenters. The number of aryl methyl sites for hydroxylation is 1. The molecule has 0 aliphatic carbocycles. The summed E-state index contributed by atoms with van der Waals surface area (Å²) in [6, 6.07) is 11.1. The Labute approximate surface area is 120 Å². The van der Waals surface area contributed by atoms with Gasteiger partial charge in [0.15, 0.2) is 0 Å². The predicted molar refractivity (Wildman–Crippen MR) is 83.5 cm³/mol. The first-order valence-electron chi connectivity index (χ1n) is 5.76. The zero-order chi connectivity index (χ0) is 12.3. The standard InChI is InChI=1S/C14H16INS/c1-2-10-3-5-11(6-4-10)7-13(16)12-8-14(15)17-9-12/h3-6,8-9,13H,2,7,16H2,1H3. The molecule has 1 heterocycles. The van der Waals surface area contributed by atoms with E-state index in [-0.39, 0.29) is 6.04 Å². The van der Waals surface area contributed by atoms with Gasteiger partial charge in [0.1, 0.15) is 0 Å². The van der Waals surface area contributed by atoms with E-state index in [9.17, 15) is 0 Å². The molecule has 0 saturated carbocycles. The Morgan fingerprint density at radius 1 is 1.24 bits per heavy atom. The number of thiophene rings is 1. The maximum absolute atomic E-state index is 6.21. The molecule has 0 radical (unpaired) electrons. The summed E-state index contributed by atoms with van der Waals surface area (Å²) in [6.07, 6.45) is 2.01. The molecule has 0 aliphatic heterocycles. The normalized spacial score (nSPS) is 12.6. The van der Waals surface area contributed by atoms with Crippen LogP contribution in [0.3, 0.4) is 0 Å². The zero-order valence-corrected chi connectivity index (χ0v) is 12.8. The molecule has 3 heteroatoms. The van der Waals surface area contributed by atoms with Crippen LogP contribution in [0.2, 0.25) is 0 Å². The van der Waals surface area contributed by atoms with Crippen LogP contribution >= 0.6 is 33.9 Å². The molecule has 1 atom stereocenters. The van der Waals surface area contributed by atoms with E-state index in [1.54, 1.807) is 11.3 Å². The molecule has 2 N–H and O–H groups in total. The third-order valence-electron chi connectivity index (χ3n) is 2.90. The van der Waals surface area contributed by atoms with E-state index >= 15 is 0 Å². The van der Waals surface area contributed by atoms with E-state index in [1.807, 2.05) is 0 Å². The van der Waals surface area contributed by atoms with E-state index in [2.05, 4.69) is 65.2 Å². The Kier molecular flexibility index (Phi) is 4.59. The van der Waals surface area contributed by atoms with Gasteiger partial charge in [0.25, 0.3) is 0 Å². The number of rotatable bonds is 4. The Morgan fingerprint density at radius 3 is 2.41 bits per heavy atom. The van der Waals surface area contributed by atoms with Gasteiger partial charge >= 0.3 is 0 Å². The fraction of sp³-hybridized carbons (Fsp3) is 0.286. The van der Waals surface area contributed by atoms with Gasteiger partial charge in [-0.2, -0.15) is 0 Å². The summed E-state index contributed by atoms with van der Waals surface area (Å²) in [7, 11) is 0. The Balaban J connectivity index is 2.04. The largest absolute Gasteiger partial charge is 0.324 e. The number of hydrogen-bond donors (Lipinski definition) is 1. The zero-order valence-electron chi connectivity index (χ0n) is 9.82. The summed E-state index contributed by atoms with van der Waals surface area (Å²) < 4.78 is 1.30. The van der Waals surface area contributed by atoms with Crippen molar-refractivity contribution in [2.45, 2.75) is 25.8 Å². The molecule has 0 bridgehead atoms. The predicted octanol–water partition coefficient (Wildman–Crippen LogP) is 4.16. The highest BCUT2D eigenvalue weighted by molar-refractivity contribution is 14.1. The quantitative estimate of drug-likeness (QED) is 0.817. The molecule has 1 aromatic heterocycles. The van der Waals surface area contributed by atoms with E-state index in [1.165, 1.54) is 19.6 Å². The number of nitrogens with two attached hydrogens (primary N) is 1. The maximum atomic E-state index is 6.21. The minimum Gasteiger partial charge on any atom is -0.324 e. The van der Waals surface area contributed by atoms with Crippen molar-refractivity contribution in [3.05, 3.63) is 55.3 Å². The smallest absolute Gasteiger partial charge is 0.0656 e. The second-order valence-electron chi connectivity index (χ2n) is 4.16. The summed E-state index contributed by atoms with van der Waals surface area (Å²) in [4.78, 5) is 0. The summed E-state index contributed by atoms with van der Waals surface area (Å²) in [5, 5.41) is 2.16. The first-order chi connectivity index (χ1) is 8.19. The molecule has 0 saturated heterocycles. The van der Waals surface area contributed by atoms with Crippen molar-refractivity contribution in [2.75, 3.05) is 0 Å². The molecule has 2 aromatic rings. The second-order valence-corrected chi connectivity index (χ2v) is 6.97. The Hall–Kier alpha value is -0.390. The molecule has 2 rings (SSSR count). The lowest BCUT2D eigenvalue weighted by Gasteiger charge is -2.10. The highest BCUT2D eigenvalue weighted by atomic mass is 127. The van der Waals surface area contributed by atoms with Crippen molar-refractivity contribution < 1.29 is 0 Å². The number of hydrogen-bond acceptors (Lipinski definition) is 2. The first kappa shape index (κ1) is 13.1. The highest BCUT2D eigenvalue weighted by Crippen LogP contribution is 2.23. The van der Waals surface area contributed by atoms with Gasteiger partial charge in [-0.25, -0.2) is 0 Å². The maximum Gasteiger partial charge on any atom is 0.0656 e. The van der Waals surface area contributed by atoms with Crippen LogP contribution in [0.15, 0.2) is 35.7 Å². The Bertz CT molecular complexity index is 475. The molecule has 1 nitrogen and oxygen atoms in total. The average molecular weight is 357 g/mol. The van der Waals surface area contributed by atoms with E-state index < -0.39 is 0 Å². The van der Waals surface area contributed by atoms with E-state index in [0.29, 0.717) is 0 Å².